The van der Waals surface area contributed by atoms with E-state index in [9.17, 15) is 4.79 Å². The molecule has 3 aromatic heterocycles. The molecule has 1 aromatic carbocycles. The van der Waals surface area contributed by atoms with Crippen LogP contribution in [0.3, 0.4) is 0 Å². The van der Waals surface area contributed by atoms with Gasteiger partial charge in [-0.2, -0.15) is 0 Å². The second kappa shape index (κ2) is 7.52. The Hall–Kier alpha value is -2.71. The molecule has 0 spiro atoms. The van der Waals surface area contributed by atoms with E-state index in [1.807, 2.05) is 58.9 Å². The predicted molar refractivity (Wildman–Crippen MR) is 120 cm³/mol. The van der Waals surface area contributed by atoms with Crippen molar-refractivity contribution in [3.63, 3.8) is 0 Å². The number of carbonyl (C=O) groups is 1. The molecular weight excluding hydrogens is 420 g/mol. The number of hydrogen-bond donors (Lipinski definition) is 0. The summed E-state index contributed by atoms with van der Waals surface area (Å²) in [7, 11) is 0. The highest BCUT2D eigenvalue weighted by Gasteiger charge is 2.27. The number of nitrogens with zero attached hydrogens (tertiary/aromatic N) is 6. The second-order valence-corrected chi connectivity index (χ2v) is 9.08. The van der Waals surface area contributed by atoms with Crippen molar-refractivity contribution in [3.8, 4) is 10.7 Å². The molecule has 1 aliphatic heterocycles. The number of piperazine rings is 1. The van der Waals surface area contributed by atoms with Crippen LogP contribution in [0, 0.1) is 5.92 Å². The smallest absolute Gasteiger partial charge is 0.225 e. The Kier molecular flexibility index (Phi) is 4.83. The predicted octanol–water partition coefficient (Wildman–Crippen LogP) is 3.96. The van der Waals surface area contributed by atoms with Gasteiger partial charge in [0, 0.05) is 42.5 Å². The summed E-state index contributed by atoms with van der Waals surface area (Å²) in [5, 5.41) is 12.6. The van der Waals surface area contributed by atoms with E-state index >= 15 is 0 Å². The number of rotatable bonds is 3. The van der Waals surface area contributed by atoms with Crippen LogP contribution in [0.1, 0.15) is 13.8 Å². The van der Waals surface area contributed by atoms with E-state index in [4.69, 9.17) is 16.6 Å². The molecule has 4 aromatic rings. The van der Waals surface area contributed by atoms with Crippen molar-refractivity contribution in [2.24, 2.45) is 5.92 Å². The number of thiophene rings is 1. The molecule has 7 nitrogen and oxygen atoms in total. The van der Waals surface area contributed by atoms with Gasteiger partial charge in [0.1, 0.15) is 0 Å². The summed E-state index contributed by atoms with van der Waals surface area (Å²) in [4.78, 5) is 22.5. The highest BCUT2D eigenvalue weighted by molar-refractivity contribution is 7.13. The molecule has 0 unspecified atom stereocenters. The van der Waals surface area contributed by atoms with Crippen molar-refractivity contribution in [3.05, 3.63) is 40.7 Å². The lowest BCUT2D eigenvalue weighted by atomic mass is 10.1. The molecule has 0 bridgehead atoms. The van der Waals surface area contributed by atoms with Gasteiger partial charge < -0.3 is 9.80 Å². The fraction of sp³-hybridized carbons (Fsp3) is 0.333. The average Bonchev–Trinajstić information content (AvgIpc) is 3.42. The van der Waals surface area contributed by atoms with Gasteiger partial charge in [0.25, 0.3) is 0 Å². The van der Waals surface area contributed by atoms with Crippen LogP contribution < -0.4 is 4.90 Å². The first kappa shape index (κ1) is 19.3. The lowest BCUT2D eigenvalue weighted by molar-refractivity contribution is -0.134. The molecule has 30 heavy (non-hydrogen) atoms. The molecule has 1 amide bonds. The zero-order valence-corrected chi connectivity index (χ0v) is 18.3. The minimum absolute atomic E-state index is 0.00692. The van der Waals surface area contributed by atoms with Gasteiger partial charge in [-0.1, -0.05) is 31.5 Å². The van der Waals surface area contributed by atoms with Gasteiger partial charge >= 0.3 is 0 Å². The first-order valence-corrected chi connectivity index (χ1v) is 11.2. The van der Waals surface area contributed by atoms with E-state index < -0.39 is 0 Å². The van der Waals surface area contributed by atoms with Crippen LogP contribution >= 0.6 is 22.9 Å². The molecule has 0 aliphatic carbocycles. The van der Waals surface area contributed by atoms with Gasteiger partial charge in [0.15, 0.2) is 11.5 Å². The SMILES string of the molecule is CC(C)C(=O)N1CCN(c2nc3cc(Cl)ccc3c3nnc(-c4cccs4)n23)CC1. The summed E-state index contributed by atoms with van der Waals surface area (Å²) in [6.07, 6.45) is 0. The zero-order chi connectivity index (χ0) is 20.8. The number of anilines is 1. The molecule has 1 fully saturated rings. The summed E-state index contributed by atoms with van der Waals surface area (Å²) in [5.41, 5.74) is 1.55. The number of aromatic nitrogens is 4. The Labute approximate surface area is 182 Å². The van der Waals surface area contributed by atoms with Crippen molar-refractivity contribution >= 4 is 51.3 Å². The fourth-order valence-electron chi connectivity index (χ4n) is 3.86. The molecule has 0 saturated carbocycles. The third kappa shape index (κ3) is 3.20. The van der Waals surface area contributed by atoms with E-state index in [1.165, 1.54) is 0 Å². The van der Waals surface area contributed by atoms with Crippen LogP contribution in [-0.4, -0.2) is 56.6 Å². The van der Waals surface area contributed by atoms with Crippen molar-refractivity contribution in [1.29, 1.82) is 0 Å². The first-order valence-electron chi connectivity index (χ1n) is 9.95. The van der Waals surface area contributed by atoms with Gasteiger partial charge in [-0.05, 0) is 29.6 Å². The number of hydrogen-bond acceptors (Lipinski definition) is 6. The molecule has 0 atom stereocenters. The van der Waals surface area contributed by atoms with Crippen LogP contribution in [-0.2, 0) is 4.79 Å². The molecular formula is C21H21ClN6OS. The minimum Gasteiger partial charge on any atom is -0.339 e. The van der Waals surface area contributed by atoms with Crippen molar-refractivity contribution in [1.82, 2.24) is 24.5 Å². The maximum absolute atomic E-state index is 12.4. The van der Waals surface area contributed by atoms with Crippen LogP contribution in [0.5, 0.6) is 0 Å². The van der Waals surface area contributed by atoms with E-state index in [1.54, 1.807) is 11.3 Å². The molecule has 1 saturated heterocycles. The number of benzene rings is 1. The van der Waals surface area contributed by atoms with Crippen LogP contribution in [0.2, 0.25) is 5.02 Å². The normalized spacial score (nSPS) is 14.9. The molecule has 154 valence electrons. The molecule has 5 rings (SSSR count). The van der Waals surface area contributed by atoms with Crippen LogP contribution in [0.15, 0.2) is 35.7 Å². The largest absolute Gasteiger partial charge is 0.339 e. The number of carbonyl (C=O) groups excluding carboxylic acids is 1. The average molecular weight is 441 g/mol. The van der Waals surface area contributed by atoms with Gasteiger partial charge in [0.2, 0.25) is 11.9 Å². The van der Waals surface area contributed by atoms with Gasteiger partial charge in [-0.25, -0.2) is 9.38 Å². The lowest BCUT2D eigenvalue weighted by Gasteiger charge is -2.36. The third-order valence-corrected chi connectivity index (χ3v) is 6.49. The Morgan fingerprint density at radius 1 is 1.13 bits per heavy atom. The molecule has 4 heterocycles. The van der Waals surface area contributed by atoms with Crippen molar-refractivity contribution in [2.75, 3.05) is 31.1 Å². The molecule has 9 heteroatoms. The maximum atomic E-state index is 12.4. The topological polar surface area (TPSA) is 66.6 Å². The molecule has 0 radical (unpaired) electrons. The monoisotopic (exact) mass is 440 g/mol. The highest BCUT2D eigenvalue weighted by atomic mass is 35.5. The number of amides is 1. The van der Waals surface area contributed by atoms with Gasteiger partial charge in [-0.3, -0.25) is 4.79 Å². The third-order valence-electron chi connectivity index (χ3n) is 5.39. The standard InChI is InChI=1S/C21H21ClN6OS/c1-13(2)20(29)26-7-9-27(10-8-26)21-23-16-12-14(22)5-6-15(16)18-24-25-19(28(18)21)17-4-3-11-30-17/h3-6,11-13H,7-10H2,1-2H3. The van der Waals surface area contributed by atoms with E-state index in [-0.39, 0.29) is 11.8 Å². The van der Waals surface area contributed by atoms with Crippen molar-refractivity contribution < 1.29 is 4.79 Å². The van der Waals surface area contributed by atoms with Gasteiger partial charge in [-0.15, -0.1) is 21.5 Å². The summed E-state index contributed by atoms with van der Waals surface area (Å²) in [6, 6.07) is 9.69. The van der Waals surface area contributed by atoms with Crippen LogP contribution in [0.4, 0.5) is 5.95 Å². The van der Waals surface area contributed by atoms with E-state index in [0.717, 1.165) is 33.2 Å². The summed E-state index contributed by atoms with van der Waals surface area (Å²) >= 11 is 7.86. The van der Waals surface area contributed by atoms with Crippen LogP contribution in [0.25, 0.3) is 27.3 Å². The van der Waals surface area contributed by atoms with Crippen molar-refractivity contribution in [2.45, 2.75) is 13.8 Å². The maximum Gasteiger partial charge on any atom is 0.225 e. The minimum atomic E-state index is 0.00692. The summed E-state index contributed by atoms with van der Waals surface area (Å²) < 4.78 is 2.03. The lowest BCUT2D eigenvalue weighted by Crippen LogP contribution is -2.50. The zero-order valence-electron chi connectivity index (χ0n) is 16.7. The van der Waals surface area contributed by atoms with Gasteiger partial charge in [0.05, 0.1) is 10.4 Å². The fourth-order valence-corrected chi connectivity index (χ4v) is 4.73. The van der Waals surface area contributed by atoms with E-state index in [2.05, 4.69) is 15.1 Å². The molecule has 0 N–H and O–H groups in total. The first-order chi connectivity index (χ1) is 14.5. The number of fused-ring (bicyclic) bond motifs is 3. The quantitative estimate of drug-likeness (QED) is 0.482. The summed E-state index contributed by atoms with van der Waals surface area (Å²) in [6.45, 7) is 6.63. The summed E-state index contributed by atoms with van der Waals surface area (Å²) in [5.74, 6) is 1.76. The molecule has 1 aliphatic rings. The van der Waals surface area contributed by atoms with E-state index in [0.29, 0.717) is 31.2 Å². The highest BCUT2D eigenvalue weighted by Crippen LogP contribution is 2.31. The Balaban J connectivity index is 1.63. The Morgan fingerprint density at radius 2 is 1.93 bits per heavy atom. The Morgan fingerprint density at radius 3 is 2.63 bits per heavy atom. The Bertz CT molecular complexity index is 1230. The number of halogens is 1. The second-order valence-electron chi connectivity index (χ2n) is 7.70.